The van der Waals surface area contributed by atoms with E-state index in [1.165, 1.54) is 0 Å². The molecule has 1 heteroatoms. The Morgan fingerprint density at radius 3 is 2.80 bits per heavy atom. The van der Waals surface area contributed by atoms with E-state index in [0.717, 1.165) is 17.6 Å². The van der Waals surface area contributed by atoms with E-state index in [2.05, 4.69) is 0 Å². The molecule has 0 aliphatic heterocycles. The summed E-state index contributed by atoms with van der Waals surface area (Å²) in [5.41, 5.74) is 1.92. The van der Waals surface area contributed by atoms with Crippen LogP contribution in [0.5, 0.6) is 0 Å². The summed E-state index contributed by atoms with van der Waals surface area (Å²) in [7, 11) is 0. The van der Waals surface area contributed by atoms with E-state index in [1.54, 1.807) is 0 Å². The van der Waals surface area contributed by atoms with Gasteiger partial charge in [0.15, 0.2) is 0 Å². The van der Waals surface area contributed by atoms with Crippen molar-refractivity contribution in [3.8, 4) is 0 Å². The lowest BCUT2D eigenvalue weighted by Gasteiger charge is -1.99. The Balaban J connectivity index is 3.02. The van der Waals surface area contributed by atoms with Crippen LogP contribution in [0.4, 0.5) is 0 Å². The first kappa shape index (κ1) is 7.13. The van der Waals surface area contributed by atoms with Crippen molar-refractivity contribution in [3.05, 3.63) is 35.1 Å². The molecule has 0 heterocycles. The highest BCUT2D eigenvalue weighted by molar-refractivity contribution is 5.35. The highest BCUT2D eigenvalue weighted by Crippen LogP contribution is 2.16. The molecule has 0 atom stereocenters. The Morgan fingerprint density at radius 1 is 1.40 bits per heavy atom. The van der Waals surface area contributed by atoms with Crippen LogP contribution in [0.3, 0.4) is 0 Å². The first-order chi connectivity index (χ1) is 4.72. The summed E-state index contributed by atoms with van der Waals surface area (Å²) in [6.45, 7) is 3.83. The zero-order valence-corrected chi connectivity index (χ0v) is 6.39. The van der Waals surface area contributed by atoms with Gasteiger partial charge in [-0.3, -0.25) is 0 Å². The van der Waals surface area contributed by atoms with Gasteiger partial charge in [0, 0.05) is 0 Å². The Bertz CT molecular complexity index is 219. The lowest BCUT2D eigenvalue weighted by molar-refractivity contribution is 0.418. The summed E-state index contributed by atoms with van der Waals surface area (Å²) in [6, 6.07) is 0. The van der Waals surface area contributed by atoms with Crippen LogP contribution in [-0.2, 0) is 0 Å². The number of hydrogen-bond donors (Lipinski definition) is 1. The molecule has 0 fully saturated rings. The van der Waals surface area contributed by atoms with Crippen LogP contribution >= 0.6 is 0 Å². The van der Waals surface area contributed by atoms with E-state index >= 15 is 0 Å². The minimum absolute atomic E-state index is 0.425. The lowest BCUT2D eigenvalue weighted by atomic mass is 10.1. The number of aliphatic hydroxyl groups excluding tert-OH is 1. The van der Waals surface area contributed by atoms with Gasteiger partial charge in [0.25, 0.3) is 0 Å². The molecule has 0 saturated carbocycles. The Kier molecular flexibility index (Phi) is 1.95. The number of aliphatic hydroxyl groups is 1. The van der Waals surface area contributed by atoms with Gasteiger partial charge in [-0.1, -0.05) is 18.2 Å². The summed E-state index contributed by atoms with van der Waals surface area (Å²) in [5, 5.41) is 9.39. The van der Waals surface area contributed by atoms with Crippen molar-refractivity contribution in [2.45, 2.75) is 20.3 Å². The van der Waals surface area contributed by atoms with Gasteiger partial charge in [-0.25, -0.2) is 0 Å². The summed E-state index contributed by atoms with van der Waals surface area (Å²) in [6.07, 6.45) is 6.93. The summed E-state index contributed by atoms with van der Waals surface area (Å²) in [4.78, 5) is 0. The van der Waals surface area contributed by atoms with E-state index in [4.69, 9.17) is 0 Å². The molecule has 0 aromatic rings. The van der Waals surface area contributed by atoms with Crippen molar-refractivity contribution in [2.75, 3.05) is 0 Å². The fourth-order valence-electron chi connectivity index (χ4n) is 0.976. The number of allylic oxidation sites excluding steroid dienone is 5. The molecular weight excluding hydrogens is 124 g/mol. The van der Waals surface area contributed by atoms with E-state index in [-0.39, 0.29) is 0 Å². The smallest absolute Gasteiger partial charge is 0.121 e. The standard InChI is InChI=1S/C9H12O/c1-7-5-3-4-6-8(2)9(7)10/h3,5-6,10H,4H2,1-2H3. The summed E-state index contributed by atoms with van der Waals surface area (Å²) < 4.78 is 0. The molecule has 10 heavy (non-hydrogen) atoms. The molecule has 0 spiro atoms. The van der Waals surface area contributed by atoms with Crippen molar-refractivity contribution in [1.29, 1.82) is 0 Å². The predicted octanol–water partition coefficient (Wildman–Crippen LogP) is 2.72. The van der Waals surface area contributed by atoms with Crippen molar-refractivity contribution >= 4 is 0 Å². The van der Waals surface area contributed by atoms with Gasteiger partial charge in [0.2, 0.25) is 0 Å². The third-order valence-electron chi connectivity index (χ3n) is 1.68. The van der Waals surface area contributed by atoms with E-state index in [9.17, 15) is 5.11 Å². The van der Waals surface area contributed by atoms with Crippen molar-refractivity contribution < 1.29 is 5.11 Å². The normalized spacial score (nSPS) is 18.8. The maximum atomic E-state index is 9.39. The molecule has 0 saturated heterocycles. The van der Waals surface area contributed by atoms with E-state index in [0.29, 0.717) is 5.76 Å². The summed E-state index contributed by atoms with van der Waals surface area (Å²) in [5.74, 6) is 0.425. The second-order valence-electron chi connectivity index (χ2n) is 2.56. The third kappa shape index (κ3) is 1.29. The van der Waals surface area contributed by atoms with Crippen LogP contribution in [-0.4, -0.2) is 5.11 Å². The van der Waals surface area contributed by atoms with Gasteiger partial charge in [-0.2, -0.15) is 0 Å². The van der Waals surface area contributed by atoms with Gasteiger partial charge >= 0.3 is 0 Å². The third-order valence-corrected chi connectivity index (χ3v) is 1.68. The molecule has 0 aromatic heterocycles. The zero-order chi connectivity index (χ0) is 7.56. The van der Waals surface area contributed by atoms with Gasteiger partial charge in [-0.15, -0.1) is 0 Å². The lowest BCUT2D eigenvalue weighted by Crippen LogP contribution is -1.85. The molecular formula is C9H12O. The van der Waals surface area contributed by atoms with Crippen LogP contribution in [0.25, 0.3) is 0 Å². The van der Waals surface area contributed by atoms with Crippen molar-refractivity contribution in [3.63, 3.8) is 0 Å². The number of hydrogen-bond acceptors (Lipinski definition) is 1. The molecule has 0 bridgehead atoms. The first-order valence-corrected chi connectivity index (χ1v) is 3.45. The molecule has 1 N–H and O–H groups in total. The SMILES string of the molecule is CC1=CCC=CC(C)=C1O. The van der Waals surface area contributed by atoms with Gasteiger partial charge in [0.1, 0.15) is 5.76 Å². The van der Waals surface area contributed by atoms with Crippen LogP contribution in [0.2, 0.25) is 0 Å². The van der Waals surface area contributed by atoms with E-state index in [1.807, 2.05) is 32.1 Å². The predicted molar refractivity (Wildman–Crippen MR) is 42.8 cm³/mol. The molecule has 0 unspecified atom stereocenters. The van der Waals surface area contributed by atoms with Gasteiger partial charge in [0.05, 0.1) is 0 Å². The topological polar surface area (TPSA) is 20.2 Å². The maximum Gasteiger partial charge on any atom is 0.121 e. The fourth-order valence-corrected chi connectivity index (χ4v) is 0.976. The van der Waals surface area contributed by atoms with E-state index < -0.39 is 0 Å². The second-order valence-corrected chi connectivity index (χ2v) is 2.56. The quantitative estimate of drug-likeness (QED) is 0.543. The number of rotatable bonds is 0. The van der Waals surface area contributed by atoms with Crippen molar-refractivity contribution in [2.24, 2.45) is 0 Å². The van der Waals surface area contributed by atoms with Crippen LogP contribution < -0.4 is 0 Å². The fraction of sp³-hybridized carbons (Fsp3) is 0.333. The Morgan fingerprint density at radius 2 is 2.10 bits per heavy atom. The molecule has 1 nitrogen and oxygen atoms in total. The Labute approximate surface area is 61.4 Å². The van der Waals surface area contributed by atoms with Crippen molar-refractivity contribution in [1.82, 2.24) is 0 Å². The molecule has 0 radical (unpaired) electrons. The minimum Gasteiger partial charge on any atom is -0.507 e. The van der Waals surface area contributed by atoms with Crippen LogP contribution in [0.1, 0.15) is 20.3 Å². The first-order valence-electron chi connectivity index (χ1n) is 3.45. The van der Waals surface area contributed by atoms with Gasteiger partial charge < -0.3 is 5.11 Å². The Hall–Kier alpha value is -0.980. The van der Waals surface area contributed by atoms with Gasteiger partial charge in [-0.05, 0) is 31.4 Å². The summed E-state index contributed by atoms with van der Waals surface area (Å²) >= 11 is 0. The zero-order valence-electron chi connectivity index (χ0n) is 6.39. The highest BCUT2D eigenvalue weighted by atomic mass is 16.3. The average molecular weight is 136 g/mol. The van der Waals surface area contributed by atoms with Crippen LogP contribution in [0, 0.1) is 0 Å². The monoisotopic (exact) mass is 136 g/mol. The molecule has 0 amide bonds. The molecule has 1 rings (SSSR count). The largest absolute Gasteiger partial charge is 0.507 e. The van der Waals surface area contributed by atoms with Crippen LogP contribution in [0.15, 0.2) is 35.1 Å². The minimum atomic E-state index is 0.425. The highest BCUT2D eigenvalue weighted by Gasteiger charge is 2.01. The molecule has 0 aromatic carbocycles. The molecule has 54 valence electrons. The molecule has 1 aliphatic carbocycles. The average Bonchev–Trinajstić information content (AvgIpc) is 2.04. The second kappa shape index (κ2) is 2.74. The molecule has 1 aliphatic rings. The maximum absolute atomic E-state index is 9.39.